The molecule has 4 rings (SSSR count). The van der Waals surface area contributed by atoms with Crippen LogP contribution < -0.4 is 20.7 Å². The SMILES string of the molecule is CCCOc1cc(Br)cc(C[P+](c2ccccc2)(c2ccccc2)c2ccccc2)c1. The Morgan fingerprint density at radius 3 is 1.61 bits per heavy atom. The van der Waals surface area contributed by atoms with Crippen LogP contribution in [0.1, 0.15) is 18.9 Å². The predicted molar refractivity (Wildman–Crippen MR) is 139 cm³/mol. The fourth-order valence-corrected chi connectivity index (χ4v) is 8.79. The van der Waals surface area contributed by atoms with Crippen LogP contribution in [0.5, 0.6) is 5.75 Å². The van der Waals surface area contributed by atoms with E-state index in [1.54, 1.807) is 0 Å². The Morgan fingerprint density at radius 2 is 1.16 bits per heavy atom. The summed E-state index contributed by atoms with van der Waals surface area (Å²) in [6.07, 6.45) is 1.93. The minimum Gasteiger partial charge on any atom is -0.494 e. The number of halogens is 1. The first-order chi connectivity index (χ1) is 15.2. The fourth-order valence-electron chi connectivity index (χ4n) is 4.06. The van der Waals surface area contributed by atoms with Crippen molar-refractivity contribution in [1.82, 2.24) is 0 Å². The topological polar surface area (TPSA) is 9.23 Å². The van der Waals surface area contributed by atoms with Crippen molar-refractivity contribution in [1.29, 1.82) is 0 Å². The summed E-state index contributed by atoms with van der Waals surface area (Å²) >= 11 is 3.71. The summed E-state index contributed by atoms with van der Waals surface area (Å²) in [6, 6.07) is 39.5. The van der Waals surface area contributed by atoms with E-state index < -0.39 is 7.26 Å². The van der Waals surface area contributed by atoms with Crippen LogP contribution in [0.2, 0.25) is 0 Å². The summed E-state index contributed by atoms with van der Waals surface area (Å²) in [5.74, 6) is 0.929. The third-order valence-corrected chi connectivity index (χ3v) is 10.3. The molecular weight excluding hydrogens is 463 g/mol. The van der Waals surface area contributed by atoms with Crippen LogP contribution in [0, 0.1) is 0 Å². The maximum atomic E-state index is 5.99. The molecule has 0 heterocycles. The van der Waals surface area contributed by atoms with Gasteiger partial charge in [0.1, 0.15) is 28.9 Å². The zero-order valence-electron chi connectivity index (χ0n) is 17.7. The largest absolute Gasteiger partial charge is 0.494 e. The van der Waals surface area contributed by atoms with Gasteiger partial charge in [-0.2, -0.15) is 0 Å². The predicted octanol–water partition coefficient (Wildman–Crippen LogP) is 6.73. The zero-order valence-corrected chi connectivity index (χ0v) is 20.2. The highest BCUT2D eigenvalue weighted by atomic mass is 79.9. The summed E-state index contributed by atoms with van der Waals surface area (Å²) < 4.78 is 7.05. The number of hydrogen-bond acceptors (Lipinski definition) is 1. The third kappa shape index (κ3) is 4.92. The van der Waals surface area contributed by atoms with Gasteiger partial charge in [0.2, 0.25) is 0 Å². The second-order valence-corrected chi connectivity index (χ2v) is 12.0. The van der Waals surface area contributed by atoms with Crippen molar-refractivity contribution in [3.05, 3.63) is 119 Å². The van der Waals surface area contributed by atoms with Gasteiger partial charge in [0, 0.05) is 4.47 Å². The van der Waals surface area contributed by atoms with Gasteiger partial charge in [-0.15, -0.1) is 0 Å². The van der Waals surface area contributed by atoms with E-state index in [2.05, 4.69) is 132 Å². The lowest BCUT2D eigenvalue weighted by Gasteiger charge is -2.28. The van der Waals surface area contributed by atoms with Gasteiger partial charge in [-0.25, -0.2) is 0 Å². The molecule has 31 heavy (non-hydrogen) atoms. The molecule has 0 radical (unpaired) electrons. The van der Waals surface area contributed by atoms with E-state index in [1.165, 1.54) is 21.5 Å². The highest BCUT2D eigenvalue weighted by Crippen LogP contribution is 2.58. The first-order valence-corrected chi connectivity index (χ1v) is 13.5. The van der Waals surface area contributed by atoms with Crippen molar-refractivity contribution < 1.29 is 4.74 Å². The standard InChI is InChI=1S/C28H27BrOP/c1-2-18-30-25-20-23(19-24(29)21-25)22-31(26-12-6-3-7-13-26,27-14-8-4-9-15-27)28-16-10-5-11-17-28/h3-17,19-21H,2,18,22H2,1H3/q+1. The van der Waals surface area contributed by atoms with Crippen LogP contribution in [-0.4, -0.2) is 6.61 Å². The molecule has 0 saturated heterocycles. The molecule has 0 spiro atoms. The molecule has 3 heteroatoms. The van der Waals surface area contributed by atoms with Crippen LogP contribution in [0.15, 0.2) is 114 Å². The van der Waals surface area contributed by atoms with Gasteiger partial charge in [-0.1, -0.05) is 77.5 Å². The molecular formula is C28H27BrOP+. The molecule has 0 amide bonds. The first kappa shape index (κ1) is 21.8. The van der Waals surface area contributed by atoms with Gasteiger partial charge in [-0.3, -0.25) is 0 Å². The van der Waals surface area contributed by atoms with Crippen molar-refractivity contribution in [2.45, 2.75) is 19.5 Å². The summed E-state index contributed by atoms with van der Waals surface area (Å²) in [5.41, 5.74) is 1.28. The van der Waals surface area contributed by atoms with E-state index in [-0.39, 0.29) is 0 Å². The van der Waals surface area contributed by atoms with Gasteiger partial charge in [0.15, 0.2) is 0 Å². The van der Waals surface area contributed by atoms with Crippen LogP contribution in [-0.2, 0) is 6.16 Å². The van der Waals surface area contributed by atoms with Gasteiger partial charge in [0.05, 0.1) is 12.8 Å². The quantitative estimate of drug-likeness (QED) is 0.249. The monoisotopic (exact) mass is 489 g/mol. The van der Waals surface area contributed by atoms with Crippen LogP contribution in [0.3, 0.4) is 0 Å². The van der Waals surface area contributed by atoms with E-state index in [1.807, 2.05) is 0 Å². The van der Waals surface area contributed by atoms with Crippen molar-refractivity contribution in [3.8, 4) is 5.75 Å². The van der Waals surface area contributed by atoms with Crippen molar-refractivity contribution in [3.63, 3.8) is 0 Å². The van der Waals surface area contributed by atoms with Gasteiger partial charge in [-0.05, 0) is 66.6 Å². The maximum Gasteiger partial charge on any atom is 0.120 e. The molecule has 4 aromatic carbocycles. The van der Waals surface area contributed by atoms with Gasteiger partial charge >= 0.3 is 0 Å². The van der Waals surface area contributed by atoms with E-state index >= 15 is 0 Å². The van der Waals surface area contributed by atoms with Crippen molar-refractivity contribution >= 4 is 39.1 Å². The van der Waals surface area contributed by atoms with E-state index in [9.17, 15) is 0 Å². The second kappa shape index (κ2) is 10.3. The first-order valence-electron chi connectivity index (χ1n) is 10.7. The highest BCUT2D eigenvalue weighted by molar-refractivity contribution is 9.10. The number of ether oxygens (including phenoxy) is 1. The van der Waals surface area contributed by atoms with E-state index in [0.29, 0.717) is 0 Å². The summed E-state index contributed by atoms with van der Waals surface area (Å²) in [7, 11) is -1.92. The van der Waals surface area contributed by atoms with E-state index in [0.717, 1.165) is 29.4 Å². The molecule has 0 aliphatic heterocycles. The average molecular weight is 490 g/mol. The Bertz CT molecular complexity index is 1000. The normalized spacial score (nSPS) is 11.3. The highest BCUT2D eigenvalue weighted by Gasteiger charge is 2.45. The minimum atomic E-state index is -1.92. The fraction of sp³-hybridized carbons (Fsp3) is 0.143. The number of benzene rings is 4. The molecule has 0 saturated carbocycles. The van der Waals surface area contributed by atoms with Gasteiger partial charge < -0.3 is 4.74 Å². The summed E-state index contributed by atoms with van der Waals surface area (Å²) in [5, 5.41) is 4.18. The van der Waals surface area contributed by atoms with Crippen LogP contribution in [0.4, 0.5) is 0 Å². The Morgan fingerprint density at radius 1 is 0.677 bits per heavy atom. The number of hydrogen-bond donors (Lipinski definition) is 0. The molecule has 156 valence electrons. The lowest BCUT2D eigenvalue weighted by Crippen LogP contribution is -2.32. The average Bonchev–Trinajstić information content (AvgIpc) is 2.82. The molecule has 0 atom stereocenters. The van der Waals surface area contributed by atoms with Crippen molar-refractivity contribution in [2.75, 3.05) is 6.61 Å². The van der Waals surface area contributed by atoms with Crippen molar-refractivity contribution in [2.24, 2.45) is 0 Å². The molecule has 0 unspecified atom stereocenters. The second-order valence-electron chi connectivity index (χ2n) is 7.62. The molecule has 0 aliphatic carbocycles. The Labute approximate surface area is 194 Å². The zero-order chi connectivity index (χ0) is 21.5. The van der Waals surface area contributed by atoms with E-state index in [4.69, 9.17) is 4.74 Å². The van der Waals surface area contributed by atoms with Crippen LogP contribution in [0.25, 0.3) is 0 Å². The summed E-state index contributed by atoms with van der Waals surface area (Å²) in [6.45, 7) is 2.86. The number of rotatable bonds is 8. The molecule has 4 aromatic rings. The molecule has 0 aliphatic rings. The minimum absolute atomic E-state index is 0.728. The Kier molecular flexibility index (Phi) is 7.22. The lowest BCUT2D eigenvalue weighted by molar-refractivity contribution is 0.317. The molecule has 0 N–H and O–H groups in total. The summed E-state index contributed by atoms with van der Waals surface area (Å²) in [4.78, 5) is 0. The maximum absolute atomic E-state index is 5.99. The van der Waals surface area contributed by atoms with Crippen LogP contribution >= 0.6 is 23.2 Å². The smallest absolute Gasteiger partial charge is 0.120 e. The lowest BCUT2D eigenvalue weighted by atomic mass is 10.2. The molecule has 1 nitrogen and oxygen atoms in total. The van der Waals surface area contributed by atoms with Gasteiger partial charge in [0.25, 0.3) is 0 Å². The molecule has 0 aromatic heterocycles. The Balaban J connectivity index is 1.92. The Hall–Kier alpha value is -2.41. The third-order valence-electron chi connectivity index (χ3n) is 5.41. The molecule has 0 fully saturated rings. The molecule has 0 bridgehead atoms.